The fourth-order valence-corrected chi connectivity index (χ4v) is 4.53. The molecule has 130 valence electrons. The first-order valence-electron chi connectivity index (χ1n) is 8.52. The molecule has 0 amide bonds. The molecule has 0 saturated heterocycles. The van der Waals surface area contributed by atoms with Crippen molar-refractivity contribution in [1.82, 2.24) is 14.8 Å². The largest absolute Gasteiger partial charge is 0.360 e. The second-order valence-electron chi connectivity index (χ2n) is 6.25. The molecule has 0 bridgehead atoms. The maximum atomic E-state index is 12.6. The number of rotatable bonds is 9. The summed E-state index contributed by atoms with van der Waals surface area (Å²) in [7, 11) is 0. The van der Waals surface area contributed by atoms with E-state index >= 15 is 0 Å². The molecule has 2 aromatic heterocycles. The molecule has 2 aromatic rings. The standard InChI is InChI=1S/C17H24N4OS2/c1-4-5-8-18-16-19-20-17(24-16)23-10-15(22)14-9-11(2)21(12(14)3)13-6-7-13/h9,13H,4-8,10H2,1-3H3,(H,18,19). The third kappa shape index (κ3) is 4.00. The van der Waals surface area contributed by atoms with Crippen LogP contribution in [0.4, 0.5) is 5.13 Å². The fourth-order valence-electron chi connectivity index (χ4n) is 2.87. The van der Waals surface area contributed by atoms with Crippen molar-refractivity contribution in [2.45, 2.75) is 56.8 Å². The molecule has 1 saturated carbocycles. The van der Waals surface area contributed by atoms with Crippen LogP contribution in [-0.2, 0) is 0 Å². The highest BCUT2D eigenvalue weighted by Gasteiger charge is 2.28. The van der Waals surface area contributed by atoms with E-state index in [2.05, 4.69) is 40.9 Å². The molecule has 1 aliphatic rings. The number of thioether (sulfide) groups is 1. The molecule has 1 aliphatic carbocycles. The Labute approximate surface area is 151 Å². The predicted molar refractivity (Wildman–Crippen MR) is 101 cm³/mol. The van der Waals surface area contributed by atoms with Gasteiger partial charge in [0.05, 0.1) is 5.75 Å². The van der Waals surface area contributed by atoms with Crippen LogP contribution >= 0.6 is 23.1 Å². The Kier molecular flexibility index (Phi) is 5.61. The number of aromatic nitrogens is 3. The van der Waals surface area contributed by atoms with Crippen LogP contribution in [0, 0.1) is 13.8 Å². The summed E-state index contributed by atoms with van der Waals surface area (Å²) >= 11 is 3.00. The minimum absolute atomic E-state index is 0.177. The molecule has 7 heteroatoms. The Hall–Kier alpha value is -1.34. The van der Waals surface area contributed by atoms with E-state index in [-0.39, 0.29) is 5.78 Å². The summed E-state index contributed by atoms with van der Waals surface area (Å²) in [6.07, 6.45) is 4.74. The van der Waals surface area contributed by atoms with Crippen molar-refractivity contribution in [1.29, 1.82) is 0 Å². The van der Waals surface area contributed by atoms with E-state index in [1.807, 2.05) is 6.07 Å². The average molecular weight is 365 g/mol. The van der Waals surface area contributed by atoms with Gasteiger partial charge in [-0.25, -0.2) is 0 Å². The third-order valence-corrected chi connectivity index (χ3v) is 6.25. The van der Waals surface area contributed by atoms with E-state index in [4.69, 9.17) is 0 Å². The monoisotopic (exact) mass is 364 g/mol. The summed E-state index contributed by atoms with van der Waals surface area (Å²) in [5.74, 6) is 0.592. The van der Waals surface area contributed by atoms with Gasteiger partial charge in [0.25, 0.3) is 0 Å². The van der Waals surface area contributed by atoms with Crippen molar-refractivity contribution in [3.05, 3.63) is 23.0 Å². The van der Waals surface area contributed by atoms with Crippen LogP contribution in [0.5, 0.6) is 0 Å². The number of ketones is 1. The first kappa shape index (κ1) is 17.5. The van der Waals surface area contributed by atoms with E-state index in [1.54, 1.807) is 0 Å². The van der Waals surface area contributed by atoms with Crippen LogP contribution in [0.1, 0.15) is 60.4 Å². The molecular weight excluding hydrogens is 340 g/mol. The molecule has 0 unspecified atom stereocenters. The van der Waals surface area contributed by atoms with Crippen molar-refractivity contribution < 1.29 is 4.79 Å². The normalized spacial score (nSPS) is 14.1. The lowest BCUT2D eigenvalue weighted by atomic mass is 10.2. The molecule has 24 heavy (non-hydrogen) atoms. The van der Waals surface area contributed by atoms with Gasteiger partial charge in [0.1, 0.15) is 0 Å². The third-order valence-electron chi connectivity index (χ3n) is 4.24. The second kappa shape index (κ2) is 7.70. The topological polar surface area (TPSA) is 59.8 Å². The smallest absolute Gasteiger partial charge is 0.206 e. The van der Waals surface area contributed by atoms with Crippen LogP contribution in [0.3, 0.4) is 0 Å². The van der Waals surface area contributed by atoms with Crippen LogP contribution in [0.25, 0.3) is 0 Å². The predicted octanol–water partition coefficient (Wildman–Crippen LogP) is 4.48. The summed E-state index contributed by atoms with van der Waals surface area (Å²) in [6, 6.07) is 2.65. The summed E-state index contributed by atoms with van der Waals surface area (Å²) in [5, 5.41) is 12.4. The Morgan fingerprint density at radius 2 is 2.21 bits per heavy atom. The zero-order valence-corrected chi connectivity index (χ0v) is 16.1. The number of Topliss-reactive ketones (excluding diaryl/α,β-unsaturated/α-hetero) is 1. The van der Waals surface area contributed by atoms with Gasteiger partial charge in [0, 0.05) is 29.5 Å². The summed E-state index contributed by atoms with van der Waals surface area (Å²) in [4.78, 5) is 12.6. The molecule has 5 nitrogen and oxygen atoms in total. The van der Waals surface area contributed by atoms with Crippen LogP contribution in [0.2, 0.25) is 0 Å². The average Bonchev–Trinajstić information content (AvgIpc) is 3.21. The van der Waals surface area contributed by atoms with E-state index in [0.29, 0.717) is 11.8 Å². The van der Waals surface area contributed by atoms with Crippen LogP contribution < -0.4 is 5.32 Å². The van der Waals surface area contributed by atoms with Gasteiger partial charge in [-0.3, -0.25) is 4.79 Å². The second-order valence-corrected chi connectivity index (χ2v) is 8.45. The van der Waals surface area contributed by atoms with Gasteiger partial charge in [-0.15, -0.1) is 10.2 Å². The molecule has 1 N–H and O–H groups in total. The molecule has 0 spiro atoms. The molecule has 3 rings (SSSR count). The number of nitrogens with zero attached hydrogens (tertiary/aromatic N) is 3. The van der Waals surface area contributed by atoms with Crippen molar-refractivity contribution in [2.75, 3.05) is 17.6 Å². The maximum Gasteiger partial charge on any atom is 0.206 e. The molecular formula is C17H24N4OS2. The van der Waals surface area contributed by atoms with Gasteiger partial charge in [-0.2, -0.15) is 0 Å². The summed E-state index contributed by atoms with van der Waals surface area (Å²) in [5.41, 5.74) is 3.17. The number of nitrogens with one attached hydrogen (secondary N) is 1. The van der Waals surface area contributed by atoms with Gasteiger partial charge < -0.3 is 9.88 Å². The van der Waals surface area contributed by atoms with E-state index < -0.39 is 0 Å². The van der Waals surface area contributed by atoms with Crippen molar-refractivity contribution >= 4 is 34.0 Å². The fraction of sp³-hybridized carbons (Fsp3) is 0.588. The minimum atomic E-state index is 0.177. The van der Waals surface area contributed by atoms with E-state index in [1.165, 1.54) is 41.6 Å². The molecule has 0 aliphatic heterocycles. The van der Waals surface area contributed by atoms with Gasteiger partial charge in [-0.1, -0.05) is 36.4 Å². The first-order chi connectivity index (χ1) is 11.6. The number of hydrogen-bond donors (Lipinski definition) is 1. The number of unbranched alkanes of at least 4 members (excludes halogenated alkanes) is 1. The Bertz CT molecular complexity index is 718. The van der Waals surface area contributed by atoms with Gasteiger partial charge in [-0.05, 0) is 39.2 Å². The lowest BCUT2D eigenvalue weighted by Crippen LogP contribution is -2.05. The number of carbonyl (C=O) groups is 1. The number of aryl methyl sites for hydroxylation is 1. The Balaban J connectivity index is 1.57. The molecule has 0 radical (unpaired) electrons. The number of carbonyl (C=O) groups excluding carboxylic acids is 1. The SMILES string of the molecule is CCCCNc1nnc(SCC(=O)c2cc(C)n(C3CC3)c2C)s1. The van der Waals surface area contributed by atoms with Crippen molar-refractivity contribution in [2.24, 2.45) is 0 Å². The number of hydrogen-bond acceptors (Lipinski definition) is 6. The first-order valence-corrected chi connectivity index (χ1v) is 10.3. The van der Waals surface area contributed by atoms with E-state index in [0.717, 1.165) is 40.1 Å². The lowest BCUT2D eigenvalue weighted by molar-refractivity contribution is 0.102. The highest BCUT2D eigenvalue weighted by molar-refractivity contribution is 8.01. The summed E-state index contributed by atoms with van der Waals surface area (Å²) < 4.78 is 3.16. The maximum absolute atomic E-state index is 12.6. The van der Waals surface area contributed by atoms with Crippen molar-refractivity contribution in [3.63, 3.8) is 0 Å². The minimum Gasteiger partial charge on any atom is -0.360 e. The highest BCUT2D eigenvalue weighted by Crippen LogP contribution is 2.38. The van der Waals surface area contributed by atoms with Gasteiger partial charge in [0.15, 0.2) is 10.1 Å². The quantitative estimate of drug-likeness (QED) is 0.404. The van der Waals surface area contributed by atoms with Crippen molar-refractivity contribution in [3.8, 4) is 0 Å². The van der Waals surface area contributed by atoms with Crippen LogP contribution in [-0.4, -0.2) is 32.8 Å². The lowest BCUT2D eigenvalue weighted by Gasteiger charge is -2.07. The Morgan fingerprint density at radius 3 is 2.92 bits per heavy atom. The zero-order chi connectivity index (χ0) is 17.1. The number of anilines is 1. The van der Waals surface area contributed by atoms with Gasteiger partial charge >= 0.3 is 0 Å². The molecule has 0 atom stereocenters. The van der Waals surface area contributed by atoms with Gasteiger partial charge in [0.2, 0.25) is 5.13 Å². The molecule has 1 fully saturated rings. The molecule has 0 aromatic carbocycles. The van der Waals surface area contributed by atoms with E-state index in [9.17, 15) is 4.79 Å². The zero-order valence-electron chi connectivity index (χ0n) is 14.5. The highest BCUT2D eigenvalue weighted by atomic mass is 32.2. The summed E-state index contributed by atoms with van der Waals surface area (Å²) in [6.45, 7) is 7.23. The van der Waals surface area contributed by atoms with Crippen LogP contribution in [0.15, 0.2) is 10.4 Å². The Morgan fingerprint density at radius 1 is 1.42 bits per heavy atom. The molecule has 2 heterocycles.